The molecule has 0 saturated carbocycles. The zero-order valence-electron chi connectivity index (χ0n) is 12.0. The van der Waals surface area contributed by atoms with E-state index < -0.39 is 0 Å². The molecule has 1 unspecified atom stereocenters. The van der Waals surface area contributed by atoms with E-state index in [4.69, 9.17) is 5.73 Å². The number of hydrogen-bond acceptors (Lipinski definition) is 6. The van der Waals surface area contributed by atoms with Crippen molar-refractivity contribution in [2.45, 2.75) is 33.2 Å². The standard InChI is InChI=1S/C14H20N6/c1-4-9(2)19-13-12(15)14(17-8-16-13)20-11-7-5-6-10(3)18-11/h5-9H,4,15H2,1-3H3,(H2,16,17,18,19,20). The minimum Gasteiger partial charge on any atom is -0.393 e. The van der Waals surface area contributed by atoms with Crippen molar-refractivity contribution in [3.63, 3.8) is 0 Å². The smallest absolute Gasteiger partial charge is 0.160 e. The predicted molar refractivity (Wildman–Crippen MR) is 82.1 cm³/mol. The normalized spacial score (nSPS) is 11.9. The van der Waals surface area contributed by atoms with Crippen LogP contribution in [0.3, 0.4) is 0 Å². The fourth-order valence-corrected chi connectivity index (χ4v) is 1.68. The molecule has 0 radical (unpaired) electrons. The van der Waals surface area contributed by atoms with Gasteiger partial charge in [-0.25, -0.2) is 15.0 Å². The van der Waals surface area contributed by atoms with E-state index in [0.29, 0.717) is 29.2 Å². The van der Waals surface area contributed by atoms with E-state index in [9.17, 15) is 0 Å². The maximum Gasteiger partial charge on any atom is 0.160 e. The zero-order valence-corrected chi connectivity index (χ0v) is 12.0. The third-order valence-electron chi connectivity index (χ3n) is 3.01. The second-order valence-corrected chi connectivity index (χ2v) is 4.73. The summed E-state index contributed by atoms with van der Waals surface area (Å²) in [5, 5.41) is 6.38. The van der Waals surface area contributed by atoms with Gasteiger partial charge >= 0.3 is 0 Å². The lowest BCUT2D eigenvalue weighted by Crippen LogP contribution is -2.16. The first kappa shape index (κ1) is 14.0. The van der Waals surface area contributed by atoms with Crippen molar-refractivity contribution in [2.24, 2.45) is 0 Å². The molecule has 0 aliphatic heterocycles. The van der Waals surface area contributed by atoms with Crippen molar-refractivity contribution in [2.75, 3.05) is 16.4 Å². The van der Waals surface area contributed by atoms with Gasteiger partial charge in [0.25, 0.3) is 0 Å². The summed E-state index contributed by atoms with van der Waals surface area (Å²) < 4.78 is 0. The first-order valence-electron chi connectivity index (χ1n) is 6.67. The van der Waals surface area contributed by atoms with E-state index in [2.05, 4.69) is 39.4 Å². The highest BCUT2D eigenvalue weighted by Gasteiger charge is 2.10. The minimum absolute atomic E-state index is 0.303. The van der Waals surface area contributed by atoms with Crippen LogP contribution in [-0.4, -0.2) is 21.0 Å². The molecule has 0 aliphatic carbocycles. The molecule has 20 heavy (non-hydrogen) atoms. The van der Waals surface area contributed by atoms with Crippen molar-refractivity contribution < 1.29 is 0 Å². The highest BCUT2D eigenvalue weighted by Crippen LogP contribution is 2.25. The van der Waals surface area contributed by atoms with Gasteiger partial charge in [0, 0.05) is 11.7 Å². The Morgan fingerprint density at radius 1 is 1.25 bits per heavy atom. The number of pyridine rings is 1. The van der Waals surface area contributed by atoms with Gasteiger partial charge in [-0.1, -0.05) is 13.0 Å². The molecule has 0 bridgehead atoms. The van der Waals surface area contributed by atoms with Crippen molar-refractivity contribution in [3.8, 4) is 0 Å². The summed E-state index contributed by atoms with van der Waals surface area (Å²) in [6, 6.07) is 6.04. The van der Waals surface area contributed by atoms with E-state index in [0.717, 1.165) is 12.1 Å². The first-order chi connectivity index (χ1) is 9.60. The summed E-state index contributed by atoms with van der Waals surface area (Å²) in [7, 11) is 0. The molecule has 2 heterocycles. The number of aromatic nitrogens is 3. The van der Waals surface area contributed by atoms with Crippen LogP contribution >= 0.6 is 0 Å². The van der Waals surface area contributed by atoms with Gasteiger partial charge in [0.15, 0.2) is 11.6 Å². The number of hydrogen-bond donors (Lipinski definition) is 3. The molecule has 2 aromatic rings. The monoisotopic (exact) mass is 272 g/mol. The molecular formula is C14H20N6. The van der Waals surface area contributed by atoms with Gasteiger partial charge in [-0.15, -0.1) is 0 Å². The second-order valence-electron chi connectivity index (χ2n) is 4.73. The summed E-state index contributed by atoms with van der Waals surface area (Å²) in [5.74, 6) is 1.92. The van der Waals surface area contributed by atoms with Gasteiger partial charge in [0.1, 0.15) is 17.8 Å². The number of nitrogens with one attached hydrogen (secondary N) is 2. The number of rotatable bonds is 5. The molecule has 0 aliphatic rings. The molecule has 0 spiro atoms. The fourth-order valence-electron chi connectivity index (χ4n) is 1.68. The summed E-state index contributed by atoms with van der Waals surface area (Å²) in [4.78, 5) is 12.7. The predicted octanol–water partition coefficient (Wildman–Crippen LogP) is 2.72. The van der Waals surface area contributed by atoms with Crippen molar-refractivity contribution in [1.82, 2.24) is 15.0 Å². The number of anilines is 4. The Balaban J connectivity index is 2.22. The highest BCUT2D eigenvalue weighted by atomic mass is 15.1. The first-order valence-corrected chi connectivity index (χ1v) is 6.67. The van der Waals surface area contributed by atoms with Crippen LogP contribution in [0.15, 0.2) is 24.5 Å². The number of nitrogens with zero attached hydrogens (tertiary/aromatic N) is 3. The van der Waals surface area contributed by atoms with Crippen LogP contribution in [0.1, 0.15) is 26.0 Å². The lowest BCUT2D eigenvalue weighted by Gasteiger charge is -2.15. The molecule has 0 aromatic carbocycles. The molecule has 106 valence electrons. The molecule has 0 amide bonds. The third kappa shape index (κ3) is 3.34. The van der Waals surface area contributed by atoms with Crippen molar-refractivity contribution in [3.05, 3.63) is 30.2 Å². The van der Waals surface area contributed by atoms with Gasteiger partial charge in [0.2, 0.25) is 0 Å². The lowest BCUT2D eigenvalue weighted by molar-refractivity contribution is 0.759. The molecule has 0 fully saturated rings. The molecule has 6 nitrogen and oxygen atoms in total. The largest absolute Gasteiger partial charge is 0.393 e. The van der Waals surface area contributed by atoms with Crippen LogP contribution in [0.5, 0.6) is 0 Å². The fraction of sp³-hybridized carbons (Fsp3) is 0.357. The maximum absolute atomic E-state index is 6.09. The van der Waals surface area contributed by atoms with E-state index in [1.54, 1.807) is 0 Å². The number of nitrogens with two attached hydrogens (primary N) is 1. The van der Waals surface area contributed by atoms with Crippen molar-refractivity contribution >= 4 is 23.1 Å². The van der Waals surface area contributed by atoms with E-state index in [-0.39, 0.29) is 0 Å². The zero-order chi connectivity index (χ0) is 14.5. The van der Waals surface area contributed by atoms with Crippen LogP contribution < -0.4 is 16.4 Å². The quantitative estimate of drug-likeness (QED) is 0.775. The Morgan fingerprint density at radius 2 is 2.00 bits per heavy atom. The Bertz CT molecular complexity index is 584. The van der Waals surface area contributed by atoms with E-state index in [1.807, 2.05) is 25.1 Å². The Labute approximate surface area is 118 Å². The van der Waals surface area contributed by atoms with Gasteiger partial charge in [0.05, 0.1) is 0 Å². The summed E-state index contributed by atoms with van der Waals surface area (Å²) in [6.07, 6.45) is 2.48. The van der Waals surface area contributed by atoms with Crippen molar-refractivity contribution in [1.29, 1.82) is 0 Å². The third-order valence-corrected chi connectivity index (χ3v) is 3.01. The molecular weight excluding hydrogens is 252 g/mol. The minimum atomic E-state index is 0.303. The topological polar surface area (TPSA) is 88.8 Å². The molecule has 6 heteroatoms. The lowest BCUT2D eigenvalue weighted by atomic mass is 10.2. The summed E-state index contributed by atoms with van der Waals surface area (Å²) >= 11 is 0. The average Bonchev–Trinajstić information content (AvgIpc) is 2.43. The molecule has 1 atom stereocenters. The average molecular weight is 272 g/mol. The molecule has 2 rings (SSSR count). The summed E-state index contributed by atoms with van der Waals surface area (Å²) in [6.45, 7) is 6.12. The van der Waals surface area contributed by atoms with Crippen LogP contribution in [0.25, 0.3) is 0 Å². The molecule has 4 N–H and O–H groups in total. The van der Waals surface area contributed by atoms with Crippen LogP contribution in [0.2, 0.25) is 0 Å². The Morgan fingerprint density at radius 3 is 2.70 bits per heavy atom. The SMILES string of the molecule is CCC(C)Nc1ncnc(Nc2cccc(C)n2)c1N. The van der Waals surface area contributed by atoms with E-state index in [1.165, 1.54) is 6.33 Å². The van der Waals surface area contributed by atoms with Crippen LogP contribution in [0, 0.1) is 6.92 Å². The highest BCUT2D eigenvalue weighted by molar-refractivity contribution is 5.76. The molecule has 2 aromatic heterocycles. The van der Waals surface area contributed by atoms with Gasteiger partial charge in [-0.3, -0.25) is 0 Å². The van der Waals surface area contributed by atoms with Gasteiger partial charge < -0.3 is 16.4 Å². The van der Waals surface area contributed by atoms with Crippen LogP contribution in [-0.2, 0) is 0 Å². The summed E-state index contributed by atoms with van der Waals surface area (Å²) in [5.41, 5.74) is 7.52. The van der Waals surface area contributed by atoms with Gasteiger partial charge in [-0.2, -0.15) is 0 Å². The van der Waals surface area contributed by atoms with Gasteiger partial charge in [-0.05, 0) is 32.4 Å². The molecule has 0 saturated heterocycles. The number of aryl methyl sites for hydroxylation is 1. The second kappa shape index (κ2) is 6.18. The van der Waals surface area contributed by atoms with Crippen LogP contribution in [0.4, 0.5) is 23.1 Å². The van der Waals surface area contributed by atoms with E-state index >= 15 is 0 Å². The maximum atomic E-state index is 6.09. The number of nitrogen functional groups attached to an aromatic ring is 1. The Kier molecular flexibility index (Phi) is 4.34. The Hall–Kier alpha value is -2.37.